The van der Waals surface area contributed by atoms with E-state index in [1.807, 2.05) is 22.7 Å². The first kappa shape index (κ1) is 48.5. The smallest absolute Gasteiger partial charge is 0.131 e. The predicted molar refractivity (Wildman–Crippen MR) is 270 cm³/mol. The number of fused-ring (bicyclic) bond motifs is 3. The summed E-state index contributed by atoms with van der Waals surface area (Å²) >= 11 is 7.53. The van der Waals surface area contributed by atoms with E-state index in [2.05, 4.69) is 90.1 Å². The number of unbranched alkanes of at least 4 members (excludes halogenated alkanes) is 8. The molecule has 0 radical (unpaired) electrons. The zero-order chi connectivity index (χ0) is 43.8. The maximum atomic E-state index is 9.68. The van der Waals surface area contributed by atoms with Crippen molar-refractivity contribution in [1.82, 2.24) is 0 Å². The van der Waals surface area contributed by atoms with E-state index in [0.717, 1.165) is 35.4 Å². The average molecular weight is 903 g/mol. The van der Waals surface area contributed by atoms with Gasteiger partial charge in [0.2, 0.25) is 0 Å². The van der Waals surface area contributed by atoms with Gasteiger partial charge in [0, 0.05) is 39.0 Å². The largest absolute Gasteiger partial charge is 0.192 e. The van der Waals surface area contributed by atoms with E-state index in [0.29, 0.717) is 11.8 Å². The molecule has 4 aromatic heterocycles. The highest BCUT2D eigenvalue weighted by Gasteiger charge is 2.50. The Balaban J connectivity index is 1.76. The van der Waals surface area contributed by atoms with Crippen molar-refractivity contribution in [2.45, 2.75) is 169 Å². The minimum absolute atomic E-state index is 0.157. The molecule has 5 rings (SSSR count). The number of allylic oxidation sites excluding steroid dienone is 2. The van der Waals surface area contributed by atoms with Crippen molar-refractivity contribution in [3.63, 3.8) is 0 Å². The van der Waals surface area contributed by atoms with Crippen molar-refractivity contribution < 1.29 is 0 Å². The minimum Gasteiger partial charge on any atom is -0.192 e. The first-order chi connectivity index (χ1) is 29.8. The van der Waals surface area contributed by atoms with Gasteiger partial charge in [0.25, 0.3) is 0 Å². The Hall–Kier alpha value is -3.54. The Bertz CT molecular complexity index is 2090. The van der Waals surface area contributed by atoms with E-state index in [4.69, 9.17) is 0 Å². The summed E-state index contributed by atoms with van der Waals surface area (Å²) in [6.07, 6.45) is 25.2. The van der Waals surface area contributed by atoms with Crippen LogP contribution in [-0.4, -0.2) is 8.07 Å². The topological polar surface area (TPSA) is 95.2 Å². The second kappa shape index (κ2) is 24.3. The molecule has 4 nitrogen and oxygen atoms in total. The molecule has 322 valence electrons. The third-order valence-electron chi connectivity index (χ3n) is 12.8. The monoisotopic (exact) mass is 902 g/mol. The summed E-state index contributed by atoms with van der Waals surface area (Å²) < 4.78 is 0. The lowest BCUT2D eigenvalue weighted by molar-refractivity contribution is 0.469. The Morgan fingerprint density at radius 1 is 0.508 bits per heavy atom. The molecule has 61 heavy (non-hydrogen) atoms. The molecule has 1 aliphatic heterocycles. The lowest BCUT2D eigenvalue weighted by atomic mass is 10.0. The summed E-state index contributed by atoms with van der Waals surface area (Å²) in [5, 5.41) is 42.0. The van der Waals surface area contributed by atoms with E-state index in [-0.39, 0.29) is 11.1 Å². The standard InChI is InChI=1S/C52H66N4S4Si/c1-7-13-17-19-23-41-27-43(25-39(31-53)32-54)57-49(41)45-29-47-51(59-45)52-48(61(47,35-37(11-5)21-15-9-3)36-38(12-6)22-16-10-4)30-46(60-52)50-42(24-20-18-14-8-2)28-44(58-50)26-40(33-55)34-56/h25-30,37-38H,7-24,35-36H2,1-6H3. The summed E-state index contributed by atoms with van der Waals surface area (Å²) in [7, 11) is -2.30. The molecule has 0 amide bonds. The fourth-order valence-electron chi connectivity index (χ4n) is 9.37. The molecular weight excluding hydrogens is 837 g/mol. The number of rotatable bonds is 26. The summed E-state index contributed by atoms with van der Waals surface area (Å²) in [4.78, 5) is 10.4. The molecule has 9 heteroatoms. The number of nitrogens with zero attached hydrogens (tertiary/aromatic N) is 4. The van der Waals surface area contributed by atoms with Crippen LogP contribution in [0.4, 0.5) is 0 Å². The van der Waals surface area contributed by atoms with E-state index in [1.54, 1.807) is 45.2 Å². The van der Waals surface area contributed by atoms with Crippen LogP contribution in [0.5, 0.6) is 0 Å². The molecule has 0 aromatic carbocycles. The lowest BCUT2D eigenvalue weighted by Crippen LogP contribution is -2.56. The van der Waals surface area contributed by atoms with Gasteiger partial charge in [-0.3, -0.25) is 0 Å². The van der Waals surface area contributed by atoms with Crippen LogP contribution in [0.1, 0.15) is 165 Å². The van der Waals surface area contributed by atoms with Gasteiger partial charge in [0.15, 0.2) is 0 Å². The summed E-state index contributed by atoms with van der Waals surface area (Å²) in [6, 6.07) is 20.8. The second-order valence-electron chi connectivity index (χ2n) is 17.2. The number of thiophene rings is 4. The van der Waals surface area contributed by atoms with E-state index in [1.165, 1.54) is 142 Å². The highest BCUT2D eigenvalue weighted by Crippen LogP contribution is 2.51. The highest BCUT2D eigenvalue weighted by atomic mass is 32.1. The van der Waals surface area contributed by atoms with Gasteiger partial charge in [-0.2, -0.15) is 21.0 Å². The second-order valence-corrected chi connectivity index (χ2v) is 25.6. The van der Waals surface area contributed by atoms with Crippen molar-refractivity contribution >= 4 is 75.9 Å². The molecule has 2 atom stereocenters. The van der Waals surface area contributed by atoms with Gasteiger partial charge in [-0.1, -0.05) is 131 Å². The molecule has 0 bridgehead atoms. The van der Waals surface area contributed by atoms with Crippen LogP contribution in [0.15, 0.2) is 35.4 Å². The molecule has 4 aromatic rings. The number of hydrogen-bond donors (Lipinski definition) is 0. The van der Waals surface area contributed by atoms with Gasteiger partial charge >= 0.3 is 0 Å². The Kier molecular flexibility index (Phi) is 19.3. The first-order valence-corrected chi connectivity index (χ1v) is 29.0. The van der Waals surface area contributed by atoms with Crippen LogP contribution in [0.3, 0.4) is 0 Å². The van der Waals surface area contributed by atoms with Crippen molar-refractivity contribution in [1.29, 1.82) is 21.0 Å². The Morgan fingerprint density at radius 2 is 0.902 bits per heavy atom. The average Bonchev–Trinajstić information content (AvgIpc) is 4.11. The molecule has 0 N–H and O–H groups in total. The molecule has 2 unspecified atom stereocenters. The van der Waals surface area contributed by atoms with E-state index < -0.39 is 8.07 Å². The fraction of sp³-hybridized carbons (Fsp3) is 0.538. The fourth-order valence-corrected chi connectivity index (χ4v) is 22.4. The van der Waals surface area contributed by atoms with Gasteiger partial charge in [0.05, 0.1) is 0 Å². The lowest BCUT2D eigenvalue weighted by Gasteiger charge is -2.35. The third kappa shape index (κ3) is 11.9. The first-order valence-electron chi connectivity index (χ1n) is 23.3. The zero-order valence-corrected chi connectivity index (χ0v) is 41.9. The summed E-state index contributed by atoms with van der Waals surface area (Å²) in [5.74, 6) is 1.37. The SMILES string of the molecule is CCCCCCc1cc(C=C(C#N)C#N)sc1-c1cc2c(s1)-c1sc(-c3sc(C=C(C#N)C#N)cc3CCCCCC)cc1[Si]2(CC(CC)CCCC)CC(CC)CCCC. The summed E-state index contributed by atoms with van der Waals surface area (Å²) in [6.45, 7) is 14.0. The molecule has 0 saturated carbocycles. The molecule has 0 fully saturated rings. The van der Waals surface area contributed by atoms with Crippen LogP contribution in [0, 0.1) is 57.2 Å². The number of nitriles is 4. The molecular formula is C52H66N4S4Si. The van der Waals surface area contributed by atoms with Crippen LogP contribution in [0.2, 0.25) is 12.1 Å². The minimum atomic E-state index is -2.30. The van der Waals surface area contributed by atoms with Crippen molar-refractivity contribution in [3.8, 4) is 53.5 Å². The van der Waals surface area contributed by atoms with Gasteiger partial charge in [-0.05, 0) is 108 Å². The molecule has 0 spiro atoms. The third-order valence-corrected chi connectivity index (χ3v) is 23.6. The number of aryl methyl sites for hydroxylation is 2. The predicted octanol–water partition coefficient (Wildman–Crippen LogP) is 16.3. The van der Waals surface area contributed by atoms with Crippen LogP contribution in [-0.2, 0) is 12.8 Å². The Labute approximate surface area is 385 Å². The van der Waals surface area contributed by atoms with Crippen molar-refractivity contribution in [2.75, 3.05) is 0 Å². The molecule has 5 heterocycles. The van der Waals surface area contributed by atoms with Crippen LogP contribution >= 0.6 is 45.3 Å². The van der Waals surface area contributed by atoms with Crippen LogP contribution < -0.4 is 10.4 Å². The molecule has 1 aliphatic rings. The van der Waals surface area contributed by atoms with Crippen LogP contribution in [0.25, 0.3) is 41.4 Å². The summed E-state index contributed by atoms with van der Waals surface area (Å²) in [5.41, 5.74) is 3.02. The zero-order valence-electron chi connectivity index (χ0n) is 37.7. The Morgan fingerprint density at radius 3 is 1.25 bits per heavy atom. The number of hydrogen-bond acceptors (Lipinski definition) is 8. The van der Waals surface area contributed by atoms with Gasteiger partial charge < -0.3 is 0 Å². The maximum absolute atomic E-state index is 9.68. The van der Waals surface area contributed by atoms with E-state index in [9.17, 15) is 21.0 Å². The van der Waals surface area contributed by atoms with Gasteiger partial charge in [-0.25, -0.2) is 0 Å². The van der Waals surface area contributed by atoms with Gasteiger partial charge in [-0.15, -0.1) is 45.3 Å². The van der Waals surface area contributed by atoms with Gasteiger partial charge in [0.1, 0.15) is 43.5 Å². The van der Waals surface area contributed by atoms with Crippen molar-refractivity contribution in [2.24, 2.45) is 11.8 Å². The normalized spacial score (nSPS) is 13.3. The maximum Gasteiger partial charge on any atom is 0.131 e. The quantitative estimate of drug-likeness (QED) is 0.0356. The molecule has 0 aliphatic carbocycles. The molecule has 0 saturated heterocycles. The van der Waals surface area contributed by atoms with E-state index >= 15 is 0 Å². The van der Waals surface area contributed by atoms with Crippen molar-refractivity contribution in [3.05, 3.63) is 56.3 Å². The highest BCUT2D eigenvalue weighted by molar-refractivity contribution is 7.33.